The van der Waals surface area contributed by atoms with Gasteiger partial charge in [-0.1, -0.05) is 54.6 Å². The molecule has 0 bridgehead atoms. The van der Waals surface area contributed by atoms with Crippen LogP contribution in [0.2, 0.25) is 0 Å². The predicted octanol–water partition coefficient (Wildman–Crippen LogP) is 4.20. The van der Waals surface area contributed by atoms with Crippen LogP contribution in [0.3, 0.4) is 0 Å². The van der Waals surface area contributed by atoms with Gasteiger partial charge < -0.3 is 5.73 Å². The highest BCUT2D eigenvalue weighted by Crippen LogP contribution is 2.36. The molecule has 0 aliphatic heterocycles. The van der Waals surface area contributed by atoms with E-state index in [-0.39, 0.29) is 6.04 Å². The summed E-state index contributed by atoms with van der Waals surface area (Å²) >= 11 is 0. The van der Waals surface area contributed by atoms with Gasteiger partial charge in [-0.15, -0.1) is 0 Å². The maximum absolute atomic E-state index is 6.38. The van der Waals surface area contributed by atoms with E-state index in [1.54, 1.807) is 0 Å². The summed E-state index contributed by atoms with van der Waals surface area (Å²) in [4.78, 5) is 0. The fourth-order valence-electron chi connectivity index (χ4n) is 3.24. The molecule has 0 saturated carbocycles. The van der Waals surface area contributed by atoms with Gasteiger partial charge in [-0.2, -0.15) is 0 Å². The van der Waals surface area contributed by atoms with E-state index in [4.69, 9.17) is 5.73 Å². The first kappa shape index (κ1) is 12.4. The van der Waals surface area contributed by atoms with Crippen molar-refractivity contribution in [1.29, 1.82) is 0 Å². The van der Waals surface area contributed by atoms with Crippen molar-refractivity contribution in [3.05, 3.63) is 71.3 Å². The molecule has 1 nitrogen and oxygen atoms in total. The van der Waals surface area contributed by atoms with Crippen molar-refractivity contribution in [3.8, 4) is 0 Å². The molecule has 1 aliphatic rings. The lowest BCUT2D eigenvalue weighted by Crippen LogP contribution is -2.18. The first-order valence-electron chi connectivity index (χ1n) is 7.23. The van der Waals surface area contributed by atoms with Gasteiger partial charge in [0.25, 0.3) is 0 Å². The van der Waals surface area contributed by atoms with Crippen molar-refractivity contribution in [2.24, 2.45) is 5.73 Å². The Morgan fingerprint density at radius 3 is 2.58 bits per heavy atom. The number of aryl methyl sites for hydroxylation is 1. The Morgan fingerprint density at radius 2 is 1.74 bits per heavy atom. The van der Waals surface area contributed by atoms with Crippen molar-refractivity contribution in [1.82, 2.24) is 0 Å². The third-order valence-corrected chi connectivity index (χ3v) is 4.26. The average Bonchev–Trinajstić information content (AvgIpc) is 2.48. The van der Waals surface area contributed by atoms with E-state index in [1.165, 1.54) is 36.0 Å². The maximum atomic E-state index is 6.38. The van der Waals surface area contributed by atoms with Gasteiger partial charge in [0.15, 0.2) is 0 Å². The van der Waals surface area contributed by atoms with Gasteiger partial charge in [-0.05, 0) is 48.3 Å². The molecule has 2 atom stereocenters. The van der Waals surface area contributed by atoms with Crippen molar-refractivity contribution < 1.29 is 0 Å². The van der Waals surface area contributed by atoms with Gasteiger partial charge in [-0.25, -0.2) is 0 Å². The van der Waals surface area contributed by atoms with Crippen LogP contribution in [0.25, 0.3) is 0 Å². The zero-order valence-corrected chi connectivity index (χ0v) is 11.3. The van der Waals surface area contributed by atoms with E-state index in [2.05, 4.69) is 48.5 Å². The standard InChI is InChI=1S/C18H21N/c19-18(15-8-2-1-3-9-15)13-16-11-6-10-14-7-4-5-12-17(14)16/h1-5,7-9,12,16,18H,6,10-11,13,19H2. The van der Waals surface area contributed by atoms with Gasteiger partial charge in [0.05, 0.1) is 0 Å². The van der Waals surface area contributed by atoms with Crippen LogP contribution in [0.1, 0.15) is 47.9 Å². The van der Waals surface area contributed by atoms with Crippen LogP contribution < -0.4 is 5.73 Å². The summed E-state index contributed by atoms with van der Waals surface area (Å²) in [6.07, 6.45) is 4.86. The number of nitrogens with two attached hydrogens (primary N) is 1. The van der Waals surface area contributed by atoms with E-state index >= 15 is 0 Å². The molecule has 0 spiro atoms. The molecular formula is C18H21N. The number of fused-ring (bicyclic) bond motifs is 1. The lowest BCUT2D eigenvalue weighted by Gasteiger charge is -2.27. The summed E-state index contributed by atoms with van der Waals surface area (Å²) in [5, 5.41) is 0. The summed E-state index contributed by atoms with van der Waals surface area (Å²) in [6, 6.07) is 19.5. The maximum Gasteiger partial charge on any atom is 0.0300 e. The first-order valence-corrected chi connectivity index (χ1v) is 7.23. The highest BCUT2D eigenvalue weighted by molar-refractivity contribution is 5.33. The second-order valence-corrected chi connectivity index (χ2v) is 5.54. The van der Waals surface area contributed by atoms with Gasteiger partial charge >= 0.3 is 0 Å². The topological polar surface area (TPSA) is 26.0 Å². The quantitative estimate of drug-likeness (QED) is 0.869. The largest absolute Gasteiger partial charge is 0.324 e. The van der Waals surface area contributed by atoms with E-state index in [0.29, 0.717) is 5.92 Å². The molecule has 1 aliphatic carbocycles. The summed E-state index contributed by atoms with van der Waals surface area (Å²) < 4.78 is 0. The van der Waals surface area contributed by atoms with Gasteiger partial charge in [0.2, 0.25) is 0 Å². The van der Waals surface area contributed by atoms with Gasteiger partial charge in [0, 0.05) is 6.04 Å². The summed E-state index contributed by atoms with van der Waals surface area (Å²) in [5.41, 5.74) is 10.7. The molecule has 3 rings (SSSR count). The molecule has 1 heteroatoms. The summed E-state index contributed by atoms with van der Waals surface area (Å²) in [6.45, 7) is 0. The molecule has 2 unspecified atom stereocenters. The van der Waals surface area contributed by atoms with Crippen molar-refractivity contribution in [2.45, 2.75) is 37.6 Å². The smallest absolute Gasteiger partial charge is 0.0300 e. The molecule has 0 fully saturated rings. The minimum atomic E-state index is 0.150. The lowest BCUT2D eigenvalue weighted by molar-refractivity contribution is 0.476. The molecule has 98 valence electrons. The van der Waals surface area contributed by atoms with Crippen LogP contribution in [-0.4, -0.2) is 0 Å². The highest BCUT2D eigenvalue weighted by Gasteiger charge is 2.22. The second kappa shape index (κ2) is 5.58. The summed E-state index contributed by atoms with van der Waals surface area (Å²) in [7, 11) is 0. The van der Waals surface area contributed by atoms with E-state index in [9.17, 15) is 0 Å². The molecule has 19 heavy (non-hydrogen) atoms. The minimum absolute atomic E-state index is 0.150. The zero-order chi connectivity index (χ0) is 13.1. The van der Waals surface area contributed by atoms with Crippen molar-refractivity contribution in [2.75, 3.05) is 0 Å². The zero-order valence-electron chi connectivity index (χ0n) is 11.3. The van der Waals surface area contributed by atoms with Crippen LogP contribution in [0, 0.1) is 0 Å². The molecular weight excluding hydrogens is 230 g/mol. The van der Waals surface area contributed by atoms with Crippen LogP contribution in [0.15, 0.2) is 54.6 Å². The fraction of sp³-hybridized carbons (Fsp3) is 0.333. The molecule has 2 aromatic carbocycles. The molecule has 0 amide bonds. The normalized spacial score (nSPS) is 19.7. The van der Waals surface area contributed by atoms with E-state index in [0.717, 1.165) is 6.42 Å². The lowest BCUT2D eigenvalue weighted by atomic mass is 9.79. The van der Waals surface area contributed by atoms with Crippen LogP contribution >= 0.6 is 0 Å². The van der Waals surface area contributed by atoms with E-state index in [1.807, 2.05) is 6.07 Å². The Hall–Kier alpha value is -1.60. The number of hydrogen-bond donors (Lipinski definition) is 1. The molecule has 0 heterocycles. The Kier molecular flexibility index (Phi) is 3.65. The Balaban J connectivity index is 1.78. The number of hydrogen-bond acceptors (Lipinski definition) is 1. The second-order valence-electron chi connectivity index (χ2n) is 5.54. The molecule has 0 radical (unpaired) electrons. The molecule has 0 saturated heterocycles. The van der Waals surface area contributed by atoms with Gasteiger partial charge in [-0.3, -0.25) is 0 Å². The third-order valence-electron chi connectivity index (χ3n) is 4.26. The fourth-order valence-corrected chi connectivity index (χ4v) is 3.24. The van der Waals surface area contributed by atoms with Crippen molar-refractivity contribution >= 4 is 0 Å². The first-order chi connectivity index (χ1) is 9.34. The number of benzene rings is 2. The van der Waals surface area contributed by atoms with Crippen LogP contribution in [0.4, 0.5) is 0 Å². The summed E-state index contributed by atoms with van der Waals surface area (Å²) in [5.74, 6) is 0.625. The highest BCUT2D eigenvalue weighted by atomic mass is 14.6. The predicted molar refractivity (Wildman–Crippen MR) is 80.1 cm³/mol. The van der Waals surface area contributed by atoms with Crippen LogP contribution in [-0.2, 0) is 6.42 Å². The monoisotopic (exact) mass is 251 g/mol. The SMILES string of the molecule is NC(CC1CCCc2ccccc21)c1ccccc1. The van der Waals surface area contributed by atoms with Crippen molar-refractivity contribution in [3.63, 3.8) is 0 Å². The molecule has 2 aromatic rings. The average molecular weight is 251 g/mol. The Bertz CT molecular complexity index is 532. The number of rotatable bonds is 3. The minimum Gasteiger partial charge on any atom is -0.324 e. The molecule has 2 N–H and O–H groups in total. The molecule has 0 aromatic heterocycles. The van der Waals surface area contributed by atoms with E-state index < -0.39 is 0 Å². The van der Waals surface area contributed by atoms with Crippen LogP contribution in [0.5, 0.6) is 0 Å². The Labute approximate surface area is 115 Å². The third kappa shape index (κ3) is 2.71. The Morgan fingerprint density at radius 1 is 1.00 bits per heavy atom. The van der Waals surface area contributed by atoms with Gasteiger partial charge in [0.1, 0.15) is 0 Å².